The number of ether oxygens (including phenoxy) is 2. The highest BCUT2D eigenvalue weighted by Gasteiger charge is 2.38. The number of hydrogen-bond acceptors (Lipinski definition) is 6. The van der Waals surface area contributed by atoms with Crippen LogP contribution in [-0.2, 0) is 20.4 Å². The largest absolute Gasteiger partial charge is 0.423 e. The van der Waals surface area contributed by atoms with Gasteiger partial charge in [-0.3, -0.25) is 0 Å². The van der Waals surface area contributed by atoms with Gasteiger partial charge in [-0.1, -0.05) is 259 Å². The Balaban J connectivity index is 0.000000155. The molecule has 0 bridgehead atoms. The quantitative estimate of drug-likeness (QED) is 0.0545. The van der Waals surface area contributed by atoms with Gasteiger partial charge in [-0.25, -0.2) is 9.59 Å². The molecule has 18 aromatic rings. The van der Waals surface area contributed by atoms with Crippen molar-refractivity contribution in [3.63, 3.8) is 0 Å². The lowest BCUT2D eigenvalue weighted by atomic mass is 9.82. The van der Waals surface area contributed by atoms with Crippen LogP contribution in [0, 0.1) is 0 Å². The van der Waals surface area contributed by atoms with E-state index in [4.69, 9.17) is 9.47 Å². The van der Waals surface area contributed by atoms with E-state index in [0.29, 0.717) is 11.5 Å². The first-order valence-corrected chi connectivity index (χ1v) is 39.3. The number of para-hydroxylation sites is 4. The third-order valence-electron chi connectivity index (χ3n) is 23.3. The molecular weight excluding hydrogens is 1420 g/mol. The first-order valence-electron chi connectivity index (χ1n) is 39.3. The number of benzene rings is 16. The zero-order valence-corrected chi connectivity index (χ0v) is 64.8. The molecule has 2 heterocycles. The lowest BCUT2D eigenvalue weighted by Gasteiger charge is -2.28. The van der Waals surface area contributed by atoms with Crippen molar-refractivity contribution in [1.29, 1.82) is 0 Å². The fourth-order valence-corrected chi connectivity index (χ4v) is 17.5. The highest BCUT2D eigenvalue weighted by atomic mass is 16.5. The minimum absolute atomic E-state index is 0.129. The minimum Gasteiger partial charge on any atom is -0.423 e. The molecule has 8 nitrogen and oxygen atoms in total. The normalized spacial score (nSPS) is 12.6. The van der Waals surface area contributed by atoms with E-state index in [1.807, 2.05) is 42.5 Å². The summed E-state index contributed by atoms with van der Waals surface area (Å²) < 4.78 is 15.5. The number of rotatable bonds is 16. The summed E-state index contributed by atoms with van der Waals surface area (Å²) in [5.74, 6) is 0.0653. The van der Waals surface area contributed by atoms with Crippen LogP contribution in [0.1, 0.15) is 49.9 Å². The Morgan fingerprint density at radius 1 is 0.267 bits per heavy atom. The van der Waals surface area contributed by atoms with Gasteiger partial charge in [-0.2, -0.15) is 0 Å². The smallest absolute Gasteiger partial charge is 0.335 e. The molecule has 2 aromatic heterocycles. The van der Waals surface area contributed by atoms with Gasteiger partial charge in [0.25, 0.3) is 0 Å². The van der Waals surface area contributed by atoms with E-state index < -0.39 is 11.9 Å². The van der Waals surface area contributed by atoms with Crippen molar-refractivity contribution >= 4 is 89.7 Å². The minimum atomic E-state index is -0.475. The Kier molecular flexibility index (Phi) is 18.1. The van der Waals surface area contributed by atoms with Crippen LogP contribution in [0.3, 0.4) is 0 Å². The second kappa shape index (κ2) is 29.3. The van der Waals surface area contributed by atoms with Crippen LogP contribution in [-0.4, -0.2) is 21.1 Å². The highest BCUT2D eigenvalue weighted by molar-refractivity contribution is 6.12. The van der Waals surface area contributed by atoms with Crippen LogP contribution >= 0.6 is 0 Å². The lowest BCUT2D eigenvalue weighted by molar-refractivity contribution is -0.129. The molecule has 0 spiro atoms. The van der Waals surface area contributed by atoms with Crippen molar-refractivity contribution in [3.05, 3.63) is 424 Å². The number of carbonyl (C=O) groups excluding carboxylic acids is 2. The predicted molar refractivity (Wildman–Crippen MR) is 479 cm³/mol. The fourth-order valence-electron chi connectivity index (χ4n) is 17.5. The third kappa shape index (κ3) is 12.8. The summed E-state index contributed by atoms with van der Waals surface area (Å²) in [5, 5.41) is 4.94. The predicted octanol–water partition coefficient (Wildman–Crippen LogP) is 28.0. The second-order valence-electron chi connectivity index (χ2n) is 30.8. The monoisotopic (exact) mass is 1500 g/mol. The molecule has 0 saturated heterocycles. The molecule has 0 radical (unpaired) electrons. The van der Waals surface area contributed by atoms with Crippen molar-refractivity contribution < 1.29 is 19.1 Å². The van der Waals surface area contributed by atoms with E-state index >= 15 is 0 Å². The van der Waals surface area contributed by atoms with E-state index in [1.165, 1.54) is 111 Å². The maximum Gasteiger partial charge on any atom is 0.335 e. The topological polar surface area (TPSA) is 68.9 Å². The molecule has 16 aromatic carbocycles. The first kappa shape index (κ1) is 71.5. The summed E-state index contributed by atoms with van der Waals surface area (Å²) in [6, 6.07) is 134. The summed E-state index contributed by atoms with van der Waals surface area (Å²) in [6.45, 7) is 16.2. The summed E-state index contributed by atoms with van der Waals surface area (Å²) in [5.41, 5.74) is 32.1. The van der Waals surface area contributed by atoms with Crippen LogP contribution < -0.4 is 19.3 Å². The third-order valence-corrected chi connectivity index (χ3v) is 23.3. The molecule has 2 aliphatic rings. The van der Waals surface area contributed by atoms with Gasteiger partial charge in [0.2, 0.25) is 0 Å². The maximum absolute atomic E-state index is 12.1. The number of esters is 2. The average Bonchev–Trinajstić information content (AvgIpc) is 1.59. The highest BCUT2D eigenvalue weighted by Crippen LogP contribution is 2.54. The van der Waals surface area contributed by atoms with Gasteiger partial charge in [0.05, 0.1) is 22.1 Å². The molecule has 0 amide bonds. The number of carbonyl (C=O) groups is 2. The summed E-state index contributed by atoms with van der Waals surface area (Å²) in [4.78, 5) is 28.5. The molecule has 116 heavy (non-hydrogen) atoms. The molecule has 0 unspecified atom stereocenters. The van der Waals surface area contributed by atoms with Crippen LogP contribution in [0.2, 0.25) is 0 Å². The fraction of sp³-hybridized carbons (Fsp3) is 0.0556. The number of aromatic nitrogens is 2. The number of hydrogen-bond donors (Lipinski definition) is 0. The van der Waals surface area contributed by atoms with Gasteiger partial charge in [-0.15, -0.1) is 0 Å². The van der Waals surface area contributed by atoms with Gasteiger partial charge in [0.1, 0.15) is 11.5 Å². The molecule has 2 aliphatic carbocycles. The van der Waals surface area contributed by atoms with Crippen molar-refractivity contribution in [1.82, 2.24) is 9.13 Å². The van der Waals surface area contributed by atoms with Gasteiger partial charge < -0.3 is 28.4 Å². The van der Waals surface area contributed by atoms with Crippen molar-refractivity contribution in [2.24, 2.45) is 0 Å². The van der Waals surface area contributed by atoms with E-state index in [0.717, 1.165) is 78.9 Å². The van der Waals surface area contributed by atoms with Crippen LogP contribution in [0.15, 0.2) is 401 Å². The van der Waals surface area contributed by atoms with Crippen molar-refractivity contribution in [3.8, 4) is 89.6 Å². The van der Waals surface area contributed by atoms with Gasteiger partial charge in [0.15, 0.2) is 0 Å². The molecule has 0 N–H and O–H groups in total. The van der Waals surface area contributed by atoms with E-state index in [9.17, 15) is 9.59 Å². The molecule has 20 rings (SSSR count). The van der Waals surface area contributed by atoms with E-state index in [2.05, 4.69) is 393 Å². The molecule has 8 heteroatoms. The van der Waals surface area contributed by atoms with Crippen molar-refractivity contribution in [2.75, 3.05) is 9.80 Å². The Bertz CT molecular complexity index is 6860. The lowest BCUT2D eigenvalue weighted by Crippen LogP contribution is -2.17. The van der Waals surface area contributed by atoms with Crippen LogP contribution in [0.25, 0.3) is 122 Å². The molecule has 0 fully saturated rings. The Morgan fingerprint density at radius 3 is 1.01 bits per heavy atom. The maximum atomic E-state index is 12.1. The SMILES string of the molecule is C=CC(=O)Oc1ccc(-c2ccc(N(c3ccc(-c4ccc5c(c4)c4ccccc4n5-c4ccccc4)cc3)c3ccc4c(c3)C(C)(C)c3ccccc3-4)cc2)cc1.C=CC(=O)Oc1ccc2c(c1)C(C)(C)c1cc(N(c3ccc(-c4ccccc4)cc3)c3ccc(-c4ccc5c(c4)c4ccccc4n5-c4ccccc4)cc3)ccc1-2. The van der Waals surface area contributed by atoms with Crippen LogP contribution in [0.4, 0.5) is 34.1 Å². The van der Waals surface area contributed by atoms with Crippen molar-refractivity contribution in [2.45, 2.75) is 38.5 Å². The van der Waals surface area contributed by atoms with Gasteiger partial charge in [-0.05, 0) is 247 Å². The summed E-state index contributed by atoms with van der Waals surface area (Å²) >= 11 is 0. The Labute approximate surface area is 675 Å². The first-order chi connectivity index (χ1) is 56.7. The number of fused-ring (bicyclic) bond motifs is 12. The Hall–Kier alpha value is -14.9. The Morgan fingerprint density at radius 2 is 0.569 bits per heavy atom. The molecule has 556 valence electrons. The second-order valence-corrected chi connectivity index (χ2v) is 30.8. The number of anilines is 6. The average molecular weight is 1500 g/mol. The molecule has 0 saturated carbocycles. The van der Waals surface area contributed by atoms with Crippen LogP contribution in [0.5, 0.6) is 11.5 Å². The molecule has 0 aliphatic heterocycles. The summed E-state index contributed by atoms with van der Waals surface area (Å²) in [6.07, 6.45) is 2.36. The van der Waals surface area contributed by atoms with Gasteiger partial charge in [0, 0.05) is 90.0 Å². The van der Waals surface area contributed by atoms with E-state index in [1.54, 1.807) is 0 Å². The zero-order valence-electron chi connectivity index (χ0n) is 64.8. The molecular formula is C108H80N4O4. The van der Waals surface area contributed by atoms with Gasteiger partial charge >= 0.3 is 11.9 Å². The number of nitrogens with zero attached hydrogens (tertiary/aromatic N) is 4. The molecule has 0 atom stereocenters. The standard InChI is InChI=1S/2C54H40N2O2/c1-4-53(57)58-44-29-31-46-45-30-28-43(34-49(45)54(2,3)50(46)35-44)55(41-24-19-37(20-25-41)36-13-7-5-8-14-36)42-26-21-38(22-27-42)39-23-32-52-48(33-39)47-17-11-12-18-51(47)56(52)40-15-9-6-10-16-40;1-4-53(57)58-44-30-22-37(23-31-44)36-18-25-41(26-19-36)55(43-29-32-46-45-14-8-10-16-49(45)54(2,3)50(46)35-43)42-27-20-38(21-28-42)39-24-33-52-48(34-39)47-15-9-11-17-51(47)56(52)40-12-6-5-7-13-40/h2*4-35H,1H2,2-3H3. The zero-order chi connectivity index (χ0) is 78.8. The van der Waals surface area contributed by atoms with E-state index in [-0.39, 0.29) is 10.8 Å². The summed E-state index contributed by atoms with van der Waals surface area (Å²) in [7, 11) is 0.